The lowest BCUT2D eigenvalue weighted by atomic mass is 10.3. The van der Waals surface area contributed by atoms with Crippen molar-refractivity contribution in [3.05, 3.63) is 35.0 Å². The van der Waals surface area contributed by atoms with Crippen molar-refractivity contribution in [2.24, 2.45) is 7.05 Å². The standard InChI is InChI=1S/C13H17N9O2/c1-8(5-22-7-14-6-17-22)18-13(24)15-4-10-19-11-9(12(23)20-10)3-16-21(11)2/h3,6-8H,4-5H2,1-2H3,(H2,15,18,24)(H,19,20,23). The number of hydrogen-bond donors (Lipinski definition) is 3. The van der Waals surface area contributed by atoms with Gasteiger partial charge < -0.3 is 15.6 Å². The van der Waals surface area contributed by atoms with Crippen LogP contribution in [-0.4, -0.2) is 46.6 Å². The van der Waals surface area contributed by atoms with Gasteiger partial charge in [0.1, 0.15) is 23.9 Å². The van der Waals surface area contributed by atoms with Crippen molar-refractivity contribution in [2.45, 2.75) is 26.1 Å². The number of fused-ring (bicyclic) bond motifs is 1. The molecule has 3 aromatic heterocycles. The average molecular weight is 331 g/mol. The third-order valence-electron chi connectivity index (χ3n) is 3.37. The maximum atomic E-state index is 11.9. The molecular weight excluding hydrogens is 314 g/mol. The van der Waals surface area contributed by atoms with E-state index < -0.39 is 0 Å². The van der Waals surface area contributed by atoms with Gasteiger partial charge in [-0.1, -0.05) is 0 Å². The van der Waals surface area contributed by atoms with Gasteiger partial charge in [-0.05, 0) is 6.92 Å². The Labute approximate surface area is 136 Å². The van der Waals surface area contributed by atoms with E-state index in [1.165, 1.54) is 17.2 Å². The Morgan fingerprint density at radius 1 is 1.42 bits per heavy atom. The zero-order chi connectivity index (χ0) is 17.1. The molecule has 3 aromatic rings. The molecule has 126 valence electrons. The third kappa shape index (κ3) is 3.39. The molecular formula is C13H17N9O2. The lowest BCUT2D eigenvalue weighted by Gasteiger charge is -2.14. The van der Waals surface area contributed by atoms with Gasteiger partial charge in [0.2, 0.25) is 0 Å². The molecule has 0 radical (unpaired) electrons. The van der Waals surface area contributed by atoms with Crippen LogP contribution in [0, 0.1) is 0 Å². The number of rotatable bonds is 5. The summed E-state index contributed by atoms with van der Waals surface area (Å²) in [5.74, 6) is 0.357. The lowest BCUT2D eigenvalue weighted by molar-refractivity contribution is 0.235. The van der Waals surface area contributed by atoms with Gasteiger partial charge in [0.25, 0.3) is 5.56 Å². The Kier molecular flexibility index (Phi) is 4.22. The Morgan fingerprint density at radius 2 is 2.25 bits per heavy atom. The van der Waals surface area contributed by atoms with Crippen LogP contribution >= 0.6 is 0 Å². The second-order valence-electron chi connectivity index (χ2n) is 5.36. The van der Waals surface area contributed by atoms with Crippen molar-refractivity contribution >= 4 is 17.1 Å². The van der Waals surface area contributed by atoms with E-state index in [2.05, 4.69) is 35.8 Å². The number of nitrogens with one attached hydrogen (secondary N) is 3. The minimum atomic E-state index is -0.365. The molecule has 0 saturated carbocycles. The van der Waals surface area contributed by atoms with Crippen LogP contribution < -0.4 is 16.2 Å². The summed E-state index contributed by atoms with van der Waals surface area (Å²) >= 11 is 0. The van der Waals surface area contributed by atoms with Gasteiger partial charge in [0, 0.05) is 13.1 Å². The van der Waals surface area contributed by atoms with E-state index >= 15 is 0 Å². The molecule has 1 unspecified atom stereocenters. The van der Waals surface area contributed by atoms with E-state index in [-0.39, 0.29) is 24.2 Å². The van der Waals surface area contributed by atoms with Crippen molar-refractivity contribution < 1.29 is 4.79 Å². The van der Waals surface area contributed by atoms with Gasteiger partial charge in [-0.2, -0.15) is 10.2 Å². The molecule has 11 heteroatoms. The number of urea groups is 1. The SMILES string of the molecule is CC(Cn1cncn1)NC(=O)NCc1nc2c(cnn2C)c(=O)[nH]1. The number of aromatic amines is 1. The van der Waals surface area contributed by atoms with Gasteiger partial charge in [0.05, 0.1) is 19.3 Å². The highest BCUT2D eigenvalue weighted by Gasteiger charge is 2.11. The Hall–Kier alpha value is -3.24. The summed E-state index contributed by atoms with van der Waals surface area (Å²) in [6.45, 7) is 2.45. The Bertz CT molecular complexity index is 896. The molecule has 0 aliphatic carbocycles. The summed E-state index contributed by atoms with van der Waals surface area (Å²) in [4.78, 5) is 34.6. The van der Waals surface area contributed by atoms with E-state index in [4.69, 9.17) is 0 Å². The first-order valence-electron chi connectivity index (χ1n) is 7.30. The summed E-state index contributed by atoms with van der Waals surface area (Å²) in [6.07, 6.45) is 4.47. The van der Waals surface area contributed by atoms with Crippen LogP contribution in [0.3, 0.4) is 0 Å². The molecule has 0 spiro atoms. The van der Waals surface area contributed by atoms with Crippen molar-refractivity contribution in [2.75, 3.05) is 0 Å². The lowest BCUT2D eigenvalue weighted by Crippen LogP contribution is -2.42. The molecule has 3 heterocycles. The number of amides is 2. The highest BCUT2D eigenvalue weighted by molar-refractivity contribution is 5.74. The molecule has 0 aromatic carbocycles. The summed E-state index contributed by atoms with van der Waals surface area (Å²) < 4.78 is 3.13. The molecule has 0 bridgehead atoms. The number of H-pyrrole nitrogens is 1. The third-order valence-corrected chi connectivity index (χ3v) is 3.37. The smallest absolute Gasteiger partial charge is 0.315 e. The molecule has 3 rings (SSSR count). The van der Waals surface area contributed by atoms with Crippen LogP contribution in [0.1, 0.15) is 12.7 Å². The normalized spacial score (nSPS) is 12.2. The molecule has 1 atom stereocenters. The number of aromatic nitrogens is 7. The Balaban J connectivity index is 1.58. The highest BCUT2D eigenvalue weighted by Crippen LogP contribution is 2.03. The molecule has 0 aliphatic heterocycles. The largest absolute Gasteiger partial charge is 0.334 e. The van der Waals surface area contributed by atoms with Gasteiger partial charge in [-0.25, -0.2) is 14.8 Å². The van der Waals surface area contributed by atoms with Gasteiger partial charge in [0.15, 0.2) is 5.65 Å². The molecule has 0 fully saturated rings. The van der Waals surface area contributed by atoms with Crippen LogP contribution in [0.2, 0.25) is 0 Å². The zero-order valence-corrected chi connectivity index (χ0v) is 13.2. The Morgan fingerprint density at radius 3 is 3.00 bits per heavy atom. The molecule has 0 saturated heterocycles. The van der Waals surface area contributed by atoms with Crippen LogP contribution in [0.4, 0.5) is 4.79 Å². The molecule has 2 amide bonds. The number of nitrogens with zero attached hydrogens (tertiary/aromatic N) is 6. The monoisotopic (exact) mass is 331 g/mol. The predicted molar refractivity (Wildman–Crippen MR) is 84.0 cm³/mol. The zero-order valence-electron chi connectivity index (χ0n) is 13.2. The highest BCUT2D eigenvalue weighted by atomic mass is 16.2. The van der Waals surface area contributed by atoms with Gasteiger partial charge in [-0.3, -0.25) is 14.2 Å². The fourth-order valence-corrected chi connectivity index (χ4v) is 2.25. The van der Waals surface area contributed by atoms with Gasteiger partial charge in [-0.15, -0.1) is 0 Å². The van der Waals surface area contributed by atoms with Crippen molar-refractivity contribution in [3.63, 3.8) is 0 Å². The van der Waals surface area contributed by atoms with Crippen LogP contribution in [0.5, 0.6) is 0 Å². The predicted octanol–water partition coefficient (Wildman–Crippen LogP) is -0.864. The maximum absolute atomic E-state index is 11.9. The maximum Gasteiger partial charge on any atom is 0.315 e. The number of carbonyl (C=O) groups is 1. The number of hydrogen-bond acceptors (Lipinski definition) is 6. The molecule has 0 aliphatic rings. The fraction of sp³-hybridized carbons (Fsp3) is 0.385. The van der Waals surface area contributed by atoms with Crippen molar-refractivity contribution in [1.82, 2.24) is 45.1 Å². The average Bonchev–Trinajstić information content (AvgIpc) is 3.16. The first kappa shape index (κ1) is 15.6. The molecule has 24 heavy (non-hydrogen) atoms. The topological polar surface area (TPSA) is 135 Å². The first-order valence-corrected chi connectivity index (χ1v) is 7.30. The summed E-state index contributed by atoms with van der Waals surface area (Å²) in [5.41, 5.74) is 0.181. The second kappa shape index (κ2) is 6.48. The van der Waals surface area contributed by atoms with E-state index in [0.717, 1.165) is 0 Å². The molecule has 11 nitrogen and oxygen atoms in total. The van der Waals surface area contributed by atoms with E-state index in [0.29, 0.717) is 23.4 Å². The van der Waals surface area contributed by atoms with Crippen molar-refractivity contribution in [1.29, 1.82) is 0 Å². The van der Waals surface area contributed by atoms with E-state index in [1.54, 1.807) is 18.1 Å². The van der Waals surface area contributed by atoms with Crippen LogP contribution in [-0.2, 0) is 20.1 Å². The van der Waals surface area contributed by atoms with E-state index in [9.17, 15) is 9.59 Å². The second-order valence-corrected chi connectivity index (χ2v) is 5.36. The summed E-state index contributed by atoms with van der Waals surface area (Å²) in [6, 6.07) is -0.506. The minimum absolute atomic E-state index is 0.0955. The van der Waals surface area contributed by atoms with Crippen LogP contribution in [0.15, 0.2) is 23.6 Å². The summed E-state index contributed by atoms with van der Waals surface area (Å²) in [7, 11) is 1.70. The van der Waals surface area contributed by atoms with Crippen molar-refractivity contribution in [3.8, 4) is 0 Å². The van der Waals surface area contributed by atoms with Crippen LogP contribution in [0.25, 0.3) is 11.0 Å². The molecule has 3 N–H and O–H groups in total. The fourth-order valence-electron chi connectivity index (χ4n) is 2.25. The van der Waals surface area contributed by atoms with E-state index in [1.807, 2.05) is 6.92 Å². The van der Waals surface area contributed by atoms with Gasteiger partial charge >= 0.3 is 6.03 Å². The number of aryl methyl sites for hydroxylation is 1. The summed E-state index contributed by atoms with van der Waals surface area (Å²) in [5, 5.41) is 13.8. The number of carbonyl (C=O) groups excluding carboxylic acids is 1. The first-order chi connectivity index (χ1) is 11.5. The minimum Gasteiger partial charge on any atom is -0.334 e. The quantitative estimate of drug-likeness (QED) is 0.556.